The van der Waals surface area contributed by atoms with Crippen molar-refractivity contribution in [1.29, 1.82) is 0 Å². The number of rotatable bonds is 6. The minimum Gasteiger partial charge on any atom is -0.381 e. The Morgan fingerprint density at radius 1 is 1.23 bits per heavy atom. The van der Waals surface area contributed by atoms with Gasteiger partial charge in [0.05, 0.1) is 16.7 Å². The first-order valence-electron chi connectivity index (χ1n) is 9.05. The number of hydrogen-bond donors (Lipinski definition) is 2. The van der Waals surface area contributed by atoms with Crippen LogP contribution in [-0.2, 0) is 24.8 Å². The minimum absolute atomic E-state index is 0.0312. The summed E-state index contributed by atoms with van der Waals surface area (Å²) >= 11 is 0. The summed E-state index contributed by atoms with van der Waals surface area (Å²) in [4.78, 5) is 12.4. The predicted molar refractivity (Wildman–Crippen MR) is 102 cm³/mol. The molecular weight excluding hydrogens is 352 g/mol. The first-order chi connectivity index (χ1) is 12.1. The van der Waals surface area contributed by atoms with Gasteiger partial charge in [-0.25, -0.2) is 8.42 Å². The zero-order chi connectivity index (χ0) is 19.4. The van der Waals surface area contributed by atoms with Gasteiger partial charge in [0.15, 0.2) is 9.84 Å². The number of sulfone groups is 1. The molecule has 1 heterocycles. The lowest BCUT2D eigenvalue weighted by Gasteiger charge is -2.26. The quantitative estimate of drug-likeness (QED) is 0.779. The summed E-state index contributed by atoms with van der Waals surface area (Å²) in [6.45, 7) is 7.52. The third-order valence-electron chi connectivity index (χ3n) is 4.83. The highest BCUT2D eigenvalue weighted by atomic mass is 32.2. The Hall–Kier alpha value is -1.44. The molecular formula is C19H30N2O4S. The molecule has 1 aromatic carbocycles. The molecule has 6 nitrogen and oxygen atoms in total. The minimum atomic E-state index is -3.44. The van der Waals surface area contributed by atoms with Crippen molar-refractivity contribution in [2.24, 2.45) is 11.7 Å². The van der Waals surface area contributed by atoms with E-state index in [1.54, 1.807) is 12.1 Å². The van der Waals surface area contributed by atoms with Gasteiger partial charge in [0.25, 0.3) is 0 Å². The molecule has 0 radical (unpaired) electrons. The molecule has 1 aliphatic heterocycles. The van der Waals surface area contributed by atoms with Crippen LogP contribution < -0.4 is 11.1 Å². The Labute approximate surface area is 156 Å². The van der Waals surface area contributed by atoms with Crippen molar-refractivity contribution in [2.75, 3.05) is 25.5 Å². The highest BCUT2D eigenvalue weighted by molar-refractivity contribution is 7.91. The predicted octanol–water partition coefficient (Wildman–Crippen LogP) is 1.63. The largest absolute Gasteiger partial charge is 0.381 e. The lowest BCUT2D eigenvalue weighted by atomic mass is 9.87. The van der Waals surface area contributed by atoms with E-state index in [0.29, 0.717) is 13.2 Å². The zero-order valence-corrected chi connectivity index (χ0v) is 16.6. The normalized spacial score (nSPS) is 17.7. The molecule has 1 atom stereocenters. The van der Waals surface area contributed by atoms with Crippen LogP contribution in [0.2, 0.25) is 0 Å². The molecule has 0 spiro atoms. The van der Waals surface area contributed by atoms with E-state index in [4.69, 9.17) is 10.5 Å². The van der Waals surface area contributed by atoms with E-state index in [-0.39, 0.29) is 34.4 Å². The second kappa shape index (κ2) is 8.50. The molecule has 1 aliphatic rings. The van der Waals surface area contributed by atoms with Crippen LogP contribution in [0.1, 0.15) is 39.2 Å². The monoisotopic (exact) mass is 382 g/mol. The summed E-state index contributed by atoms with van der Waals surface area (Å²) in [5.41, 5.74) is 7.04. The summed E-state index contributed by atoms with van der Waals surface area (Å²) < 4.78 is 30.2. The number of ether oxygens (including phenoxy) is 1. The number of amides is 1. The maximum atomic E-state index is 12.4. The summed E-state index contributed by atoms with van der Waals surface area (Å²) in [6.07, 6.45) is 1.51. The number of carbonyl (C=O) groups is 1. The molecule has 0 bridgehead atoms. The fourth-order valence-corrected chi connectivity index (χ4v) is 4.15. The summed E-state index contributed by atoms with van der Waals surface area (Å²) in [7, 11) is -3.44. The first kappa shape index (κ1) is 20.9. The first-order valence-corrected chi connectivity index (χ1v) is 10.7. The fourth-order valence-electron chi connectivity index (χ4n) is 3.00. The Morgan fingerprint density at radius 2 is 1.81 bits per heavy atom. The molecule has 26 heavy (non-hydrogen) atoms. The topological polar surface area (TPSA) is 98.5 Å². The number of carbonyl (C=O) groups excluding carboxylic acids is 1. The molecule has 1 aromatic rings. The number of hydrogen-bond acceptors (Lipinski definition) is 5. The van der Waals surface area contributed by atoms with Gasteiger partial charge in [0, 0.05) is 19.8 Å². The van der Waals surface area contributed by atoms with Crippen LogP contribution in [0.15, 0.2) is 29.2 Å². The molecule has 3 N–H and O–H groups in total. The average molecular weight is 383 g/mol. The van der Waals surface area contributed by atoms with Crippen LogP contribution in [0, 0.1) is 5.92 Å². The van der Waals surface area contributed by atoms with Crippen molar-refractivity contribution in [3.8, 4) is 0 Å². The Kier molecular flexibility index (Phi) is 6.82. The van der Waals surface area contributed by atoms with E-state index in [9.17, 15) is 13.2 Å². The second-order valence-electron chi connectivity index (χ2n) is 7.86. The smallest absolute Gasteiger partial charge is 0.237 e. The highest BCUT2D eigenvalue weighted by Gasteiger charge is 2.26. The van der Waals surface area contributed by atoms with Crippen molar-refractivity contribution in [3.05, 3.63) is 29.8 Å². The molecule has 1 saturated heterocycles. The third-order valence-corrected chi connectivity index (χ3v) is 6.56. The van der Waals surface area contributed by atoms with Crippen LogP contribution in [0.3, 0.4) is 0 Å². The van der Waals surface area contributed by atoms with Crippen molar-refractivity contribution in [3.63, 3.8) is 0 Å². The van der Waals surface area contributed by atoms with Gasteiger partial charge in [-0.3, -0.25) is 4.79 Å². The van der Waals surface area contributed by atoms with Gasteiger partial charge in [-0.05, 0) is 41.9 Å². The van der Waals surface area contributed by atoms with Gasteiger partial charge in [-0.2, -0.15) is 0 Å². The lowest BCUT2D eigenvalue weighted by Crippen LogP contribution is -2.48. The van der Waals surface area contributed by atoms with E-state index < -0.39 is 15.9 Å². The van der Waals surface area contributed by atoms with E-state index in [1.807, 2.05) is 12.1 Å². The fraction of sp³-hybridized carbons (Fsp3) is 0.632. The van der Waals surface area contributed by atoms with Crippen molar-refractivity contribution in [1.82, 2.24) is 5.32 Å². The second-order valence-corrected chi connectivity index (χ2v) is 9.97. The Bertz CT molecular complexity index is 702. The number of nitrogens with two attached hydrogens (primary N) is 1. The lowest BCUT2D eigenvalue weighted by molar-refractivity contribution is -0.124. The summed E-state index contributed by atoms with van der Waals surface area (Å²) in [6, 6.07) is 6.32. The van der Waals surface area contributed by atoms with Crippen molar-refractivity contribution in [2.45, 2.75) is 50.0 Å². The average Bonchev–Trinajstić information content (AvgIpc) is 2.61. The molecule has 1 amide bonds. The summed E-state index contributed by atoms with van der Waals surface area (Å²) in [5.74, 6) is -0.353. The standard InChI is InChI=1S/C19H30N2O4S/c1-19(2,3)15-4-6-16(7-5-15)26(23,24)13-10-21-18(22)17(20)14-8-11-25-12-9-14/h4-7,14,17H,8-13,20H2,1-3H3,(H,21,22). The van der Waals surface area contributed by atoms with Crippen molar-refractivity contribution < 1.29 is 17.9 Å². The molecule has 0 aromatic heterocycles. The Morgan fingerprint density at radius 3 is 2.35 bits per heavy atom. The van der Waals surface area contributed by atoms with Gasteiger partial charge in [-0.15, -0.1) is 0 Å². The van der Waals surface area contributed by atoms with Gasteiger partial charge < -0.3 is 15.8 Å². The third kappa shape index (κ3) is 5.53. The SMILES string of the molecule is CC(C)(C)c1ccc(S(=O)(=O)CCNC(=O)C(N)C2CCOCC2)cc1. The van der Waals surface area contributed by atoms with Crippen LogP contribution in [0.4, 0.5) is 0 Å². The van der Waals surface area contributed by atoms with Gasteiger partial charge in [0.2, 0.25) is 5.91 Å². The van der Waals surface area contributed by atoms with Crippen LogP contribution >= 0.6 is 0 Å². The highest BCUT2D eigenvalue weighted by Crippen LogP contribution is 2.23. The molecule has 1 fully saturated rings. The maximum absolute atomic E-state index is 12.4. The molecule has 0 aliphatic carbocycles. The molecule has 146 valence electrons. The van der Waals surface area contributed by atoms with Crippen LogP contribution in [0.5, 0.6) is 0 Å². The van der Waals surface area contributed by atoms with E-state index in [0.717, 1.165) is 18.4 Å². The van der Waals surface area contributed by atoms with Crippen molar-refractivity contribution >= 4 is 15.7 Å². The van der Waals surface area contributed by atoms with Gasteiger partial charge >= 0.3 is 0 Å². The van der Waals surface area contributed by atoms with Gasteiger partial charge in [-0.1, -0.05) is 32.9 Å². The van der Waals surface area contributed by atoms with E-state index in [2.05, 4.69) is 26.1 Å². The van der Waals surface area contributed by atoms with Crippen LogP contribution in [-0.4, -0.2) is 45.9 Å². The van der Waals surface area contributed by atoms with E-state index >= 15 is 0 Å². The van der Waals surface area contributed by atoms with Crippen LogP contribution in [0.25, 0.3) is 0 Å². The molecule has 7 heteroatoms. The molecule has 2 rings (SSSR count). The molecule has 0 saturated carbocycles. The number of nitrogens with one attached hydrogen (secondary N) is 1. The number of benzene rings is 1. The Balaban J connectivity index is 1.88. The van der Waals surface area contributed by atoms with Gasteiger partial charge in [0.1, 0.15) is 0 Å². The van der Waals surface area contributed by atoms with E-state index in [1.165, 1.54) is 0 Å². The molecule has 1 unspecified atom stereocenters. The summed E-state index contributed by atoms with van der Waals surface area (Å²) in [5, 5.41) is 2.66. The zero-order valence-electron chi connectivity index (χ0n) is 15.8. The maximum Gasteiger partial charge on any atom is 0.237 e.